The number of H-pyrrole nitrogens is 1. The Morgan fingerprint density at radius 3 is 3.00 bits per heavy atom. The molecular weight excluding hydrogens is 248 g/mol. The summed E-state index contributed by atoms with van der Waals surface area (Å²) in [6.45, 7) is 0.400. The zero-order chi connectivity index (χ0) is 13.7. The van der Waals surface area contributed by atoms with Crippen molar-refractivity contribution < 1.29 is 14.7 Å². The van der Waals surface area contributed by atoms with Crippen molar-refractivity contribution in [3.05, 3.63) is 18.0 Å². The molecule has 4 N–H and O–H groups in total. The number of hydrogen-bond donors (Lipinski definition) is 4. The predicted octanol–water partition coefficient (Wildman–Crippen LogP) is 0.852. The summed E-state index contributed by atoms with van der Waals surface area (Å²) in [6.07, 6.45) is 6.23. The Labute approximate surface area is 110 Å². The highest BCUT2D eigenvalue weighted by Crippen LogP contribution is 2.24. The number of hydrogen-bond acceptors (Lipinski definition) is 3. The Bertz CT molecular complexity index is 432. The van der Waals surface area contributed by atoms with Gasteiger partial charge in [0.25, 0.3) is 0 Å². The number of nitrogens with zero attached hydrogens (tertiary/aromatic N) is 1. The summed E-state index contributed by atoms with van der Waals surface area (Å²) in [6, 6.07) is -0.323. The zero-order valence-corrected chi connectivity index (χ0v) is 10.6. The van der Waals surface area contributed by atoms with Crippen LogP contribution < -0.4 is 10.6 Å². The van der Waals surface area contributed by atoms with Gasteiger partial charge in [0.15, 0.2) is 0 Å². The Hall–Kier alpha value is -2.05. The molecule has 0 aromatic carbocycles. The molecule has 1 heterocycles. The minimum Gasteiger partial charge on any atom is -0.481 e. The van der Waals surface area contributed by atoms with Crippen LogP contribution in [0.1, 0.15) is 31.2 Å². The summed E-state index contributed by atoms with van der Waals surface area (Å²) in [4.78, 5) is 22.6. The monoisotopic (exact) mass is 266 g/mol. The molecule has 7 heteroatoms. The Morgan fingerprint density at radius 1 is 1.47 bits per heavy atom. The van der Waals surface area contributed by atoms with Gasteiger partial charge in [0.2, 0.25) is 0 Å². The van der Waals surface area contributed by atoms with E-state index in [1.54, 1.807) is 12.4 Å². The molecule has 19 heavy (non-hydrogen) atoms. The summed E-state index contributed by atoms with van der Waals surface area (Å²) in [5, 5.41) is 21.0. The molecule has 0 radical (unpaired) electrons. The molecule has 1 aromatic heterocycles. The van der Waals surface area contributed by atoms with Crippen LogP contribution in [0.25, 0.3) is 0 Å². The molecule has 2 amide bonds. The molecule has 2 atom stereocenters. The number of aliphatic carboxylic acids is 1. The van der Waals surface area contributed by atoms with E-state index in [1.165, 1.54) is 0 Å². The molecule has 7 nitrogen and oxygen atoms in total. The first-order valence-corrected chi connectivity index (χ1v) is 6.40. The largest absolute Gasteiger partial charge is 0.481 e. The van der Waals surface area contributed by atoms with E-state index in [0.717, 1.165) is 18.4 Å². The van der Waals surface area contributed by atoms with E-state index in [2.05, 4.69) is 20.8 Å². The Balaban J connectivity index is 1.74. The van der Waals surface area contributed by atoms with E-state index in [1.807, 2.05) is 0 Å². The number of carbonyl (C=O) groups excluding carboxylic acids is 1. The maximum atomic E-state index is 11.7. The molecule has 1 aliphatic rings. The van der Waals surface area contributed by atoms with E-state index >= 15 is 0 Å². The molecule has 1 saturated carbocycles. The van der Waals surface area contributed by atoms with Gasteiger partial charge in [-0.15, -0.1) is 0 Å². The summed E-state index contributed by atoms with van der Waals surface area (Å²) < 4.78 is 0. The van der Waals surface area contributed by atoms with Gasteiger partial charge in [-0.2, -0.15) is 5.10 Å². The van der Waals surface area contributed by atoms with E-state index in [0.29, 0.717) is 19.4 Å². The number of aromatic nitrogens is 2. The highest BCUT2D eigenvalue weighted by molar-refractivity contribution is 5.74. The van der Waals surface area contributed by atoms with Crippen LogP contribution in [0.4, 0.5) is 4.79 Å². The quantitative estimate of drug-likeness (QED) is 0.648. The lowest BCUT2D eigenvalue weighted by Gasteiger charge is -2.27. The molecule has 104 valence electrons. The summed E-state index contributed by atoms with van der Waals surface area (Å²) in [7, 11) is 0. The number of carboxylic acids is 1. The first-order chi connectivity index (χ1) is 9.15. The normalized spacial score (nSPS) is 22.7. The van der Waals surface area contributed by atoms with Crippen LogP contribution >= 0.6 is 0 Å². The molecule has 0 bridgehead atoms. The minimum atomic E-state index is -0.773. The molecule has 0 spiro atoms. The number of carbonyl (C=O) groups is 2. The van der Waals surface area contributed by atoms with Crippen molar-refractivity contribution in [1.29, 1.82) is 0 Å². The maximum Gasteiger partial charge on any atom is 0.315 e. The van der Waals surface area contributed by atoms with Gasteiger partial charge >= 0.3 is 12.0 Å². The molecular formula is C12H18N4O3. The second kappa shape index (κ2) is 6.21. The van der Waals surface area contributed by atoms with Crippen LogP contribution in [0.5, 0.6) is 0 Å². The Kier molecular flexibility index (Phi) is 4.38. The van der Waals surface area contributed by atoms with E-state index in [4.69, 9.17) is 5.11 Å². The van der Waals surface area contributed by atoms with Crippen molar-refractivity contribution in [3.8, 4) is 0 Å². The van der Waals surface area contributed by atoms with Gasteiger partial charge in [0, 0.05) is 24.3 Å². The second-order valence-corrected chi connectivity index (χ2v) is 4.83. The first-order valence-electron chi connectivity index (χ1n) is 6.40. The van der Waals surface area contributed by atoms with Crippen LogP contribution in [0.3, 0.4) is 0 Å². The molecule has 0 saturated heterocycles. The van der Waals surface area contributed by atoms with Gasteiger partial charge in [0.05, 0.1) is 12.1 Å². The number of rotatable bonds is 4. The van der Waals surface area contributed by atoms with Crippen LogP contribution in [-0.2, 0) is 11.3 Å². The Morgan fingerprint density at radius 2 is 2.32 bits per heavy atom. The number of nitrogens with one attached hydrogen (secondary N) is 3. The van der Waals surface area contributed by atoms with Crippen molar-refractivity contribution in [1.82, 2.24) is 20.8 Å². The molecule has 0 aliphatic heterocycles. The lowest BCUT2D eigenvalue weighted by Crippen LogP contribution is -2.44. The van der Waals surface area contributed by atoms with Crippen molar-refractivity contribution >= 4 is 12.0 Å². The fourth-order valence-electron chi connectivity index (χ4n) is 2.34. The smallest absolute Gasteiger partial charge is 0.315 e. The van der Waals surface area contributed by atoms with Crippen molar-refractivity contribution in [2.75, 3.05) is 0 Å². The fraction of sp³-hybridized carbons (Fsp3) is 0.583. The van der Waals surface area contributed by atoms with Gasteiger partial charge in [-0.05, 0) is 19.3 Å². The van der Waals surface area contributed by atoms with E-state index in [-0.39, 0.29) is 18.0 Å². The molecule has 2 rings (SSSR count). The second-order valence-electron chi connectivity index (χ2n) is 4.83. The van der Waals surface area contributed by atoms with Crippen molar-refractivity contribution in [3.63, 3.8) is 0 Å². The lowest BCUT2D eigenvalue weighted by atomic mass is 9.86. The highest BCUT2D eigenvalue weighted by Gasteiger charge is 2.27. The number of carboxylic acid groups (broad SMARTS) is 1. The van der Waals surface area contributed by atoms with Crippen LogP contribution in [0.2, 0.25) is 0 Å². The van der Waals surface area contributed by atoms with Crippen molar-refractivity contribution in [2.24, 2.45) is 5.92 Å². The molecule has 1 aromatic rings. The topological polar surface area (TPSA) is 107 Å². The summed E-state index contributed by atoms with van der Waals surface area (Å²) in [5.41, 5.74) is 0.891. The number of aromatic amines is 1. The van der Waals surface area contributed by atoms with Crippen LogP contribution in [0.15, 0.2) is 12.4 Å². The predicted molar refractivity (Wildman–Crippen MR) is 67.3 cm³/mol. The maximum absolute atomic E-state index is 11.7. The average molecular weight is 266 g/mol. The third-order valence-corrected chi connectivity index (χ3v) is 3.37. The fourth-order valence-corrected chi connectivity index (χ4v) is 2.34. The van der Waals surface area contributed by atoms with Gasteiger partial charge < -0.3 is 15.7 Å². The van der Waals surface area contributed by atoms with Crippen LogP contribution in [0, 0.1) is 5.92 Å². The summed E-state index contributed by atoms with van der Waals surface area (Å²) in [5.74, 6) is -1.11. The van der Waals surface area contributed by atoms with Gasteiger partial charge in [-0.25, -0.2) is 4.79 Å². The number of amides is 2. The standard InChI is InChI=1S/C12H18N4O3/c17-11(18)9-2-1-3-10(4-9)16-12(19)13-5-8-6-14-15-7-8/h6-7,9-10H,1-5H2,(H,14,15)(H,17,18)(H2,13,16,19). The SMILES string of the molecule is O=C(NCc1cn[nH]c1)NC1CCCC(C(=O)O)C1. The van der Waals surface area contributed by atoms with Gasteiger partial charge in [-0.3, -0.25) is 9.89 Å². The molecule has 1 fully saturated rings. The zero-order valence-electron chi connectivity index (χ0n) is 10.6. The van der Waals surface area contributed by atoms with E-state index < -0.39 is 5.97 Å². The average Bonchev–Trinajstić information content (AvgIpc) is 2.90. The lowest BCUT2D eigenvalue weighted by molar-refractivity contribution is -0.143. The first kappa shape index (κ1) is 13.4. The molecule has 2 unspecified atom stereocenters. The third-order valence-electron chi connectivity index (χ3n) is 3.37. The number of urea groups is 1. The van der Waals surface area contributed by atoms with Gasteiger partial charge in [-0.1, -0.05) is 6.42 Å². The summed E-state index contributed by atoms with van der Waals surface area (Å²) >= 11 is 0. The van der Waals surface area contributed by atoms with Gasteiger partial charge in [0.1, 0.15) is 0 Å². The van der Waals surface area contributed by atoms with E-state index in [9.17, 15) is 9.59 Å². The van der Waals surface area contributed by atoms with Crippen LogP contribution in [-0.4, -0.2) is 33.3 Å². The highest BCUT2D eigenvalue weighted by atomic mass is 16.4. The third kappa shape index (κ3) is 3.97. The molecule has 1 aliphatic carbocycles. The van der Waals surface area contributed by atoms with Crippen molar-refractivity contribution in [2.45, 2.75) is 38.3 Å². The minimum absolute atomic E-state index is 0.0563.